The number of hydrogen-bond donors (Lipinski definition) is 7. The minimum absolute atomic E-state index is 0.184. The maximum absolute atomic E-state index is 12.2. The third-order valence-corrected chi connectivity index (χ3v) is 4.74. The molecule has 0 saturated carbocycles. The highest BCUT2D eigenvalue weighted by molar-refractivity contribution is 5.91. The predicted molar refractivity (Wildman–Crippen MR) is 101 cm³/mol. The van der Waals surface area contributed by atoms with Crippen LogP contribution < -0.4 is 4.74 Å². The molecule has 1 fully saturated rings. The van der Waals surface area contributed by atoms with Crippen molar-refractivity contribution in [1.29, 1.82) is 0 Å². The molecule has 0 amide bonds. The lowest BCUT2D eigenvalue weighted by Crippen LogP contribution is -2.60. The van der Waals surface area contributed by atoms with Gasteiger partial charge in [0.15, 0.2) is 17.2 Å². The number of esters is 1. The second-order valence-electron chi connectivity index (χ2n) is 6.86. The zero-order valence-electron chi connectivity index (χ0n) is 16.0. The van der Waals surface area contributed by atoms with Gasteiger partial charge in [0.25, 0.3) is 0 Å². The Morgan fingerprint density at radius 3 is 2.26 bits per heavy atom. The fourth-order valence-corrected chi connectivity index (χ4v) is 2.99. The number of carbonyl (C=O) groups excluding carboxylic acids is 1. The highest BCUT2D eigenvalue weighted by atomic mass is 16.7. The normalized spacial score (nSPS) is 25.7. The number of para-hydroxylation sites is 1. The molecule has 31 heavy (non-hydrogen) atoms. The summed E-state index contributed by atoms with van der Waals surface area (Å²) in [6.45, 7) is -0.925. The van der Waals surface area contributed by atoms with Gasteiger partial charge in [0.1, 0.15) is 36.8 Å². The van der Waals surface area contributed by atoms with Crippen molar-refractivity contribution in [2.45, 2.75) is 37.3 Å². The number of ether oxygens (including phenoxy) is 3. The number of phenols is 3. The number of phenolic OH excluding ortho intramolecular Hbond substituents is 3. The number of aliphatic hydroxyl groups is 4. The van der Waals surface area contributed by atoms with Gasteiger partial charge in [-0.25, -0.2) is 4.79 Å². The monoisotopic (exact) mass is 438 g/mol. The van der Waals surface area contributed by atoms with Gasteiger partial charge in [-0.3, -0.25) is 0 Å². The van der Waals surface area contributed by atoms with Crippen molar-refractivity contribution >= 4 is 5.97 Å². The number of aliphatic hydroxyl groups excluding tert-OH is 4. The van der Waals surface area contributed by atoms with E-state index in [0.717, 1.165) is 12.1 Å². The Labute approximate surface area is 175 Å². The third kappa shape index (κ3) is 4.81. The van der Waals surface area contributed by atoms with Gasteiger partial charge in [0.05, 0.1) is 12.2 Å². The molecule has 1 heterocycles. The van der Waals surface area contributed by atoms with Crippen molar-refractivity contribution in [2.24, 2.45) is 0 Å². The summed E-state index contributed by atoms with van der Waals surface area (Å²) >= 11 is 0. The zero-order chi connectivity index (χ0) is 22.7. The van der Waals surface area contributed by atoms with Gasteiger partial charge < -0.3 is 50.0 Å². The molecule has 5 atom stereocenters. The molecule has 11 heteroatoms. The average Bonchev–Trinajstić information content (AvgIpc) is 2.76. The van der Waals surface area contributed by atoms with Gasteiger partial charge in [-0.2, -0.15) is 0 Å². The summed E-state index contributed by atoms with van der Waals surface area (Å²) in [4.78, 5) is 12.2. The predicted octanol–water partition coefficient (Wildman–Crippen LogP) is -0.661. The van der Waals surface area contributed by atoms with Crippen LogP contribution in [0.15, 0.2) is 36.4 Å². The van der Waals surface area contributed by atoms with E-state index in [1.54, 1.807) is 18.2 Å². The van der Waals surface area contributed by atoms with Crippen LogP contribution in [0.4, 0.5) is 0 Å². The van der Waals surface area contributed by atoms with Gasteiger partial charge in [-0.05, 0) is 18.2 Å². The van der Waals surface area contributed by atoms with Crippen LogP contribution in [0.1, 0.15) is 15.9 Å². The van der Waals surface area contributed by atoms with Crippen LogP contribution >= 0.6 is 0 Å². The van der Waals surface area contributed by atoms with Crippen LogP contribution in [-0.2, 0) is 16.1 Å². The molecular weight excluding hydrogens is 416 g/mol. The largest absolute Gasteiger partial charge is 0.504 e. The van der Waals surface area contributed by atoms with Crippen molar-refractivity contribution < 1.29 is 54.8 Å². The minimum Gasteiger partial charge on any atom is -0.504 e. The molecule has 0 unspecified atom stereocenters. The Balaban J connectivity index is 1.69. The van der Waals surface area contributed by atoms with Gasteiger partial charge in [-0.1, -0.05) is 18.2 Å². The summed E-state index contributed by atoms with van der Waals surface area (Å²) in [7, 11) is 0. The first kappa shape index (κ1) is 22.6. The van der Waals surface area contributed by atoms with Crippen molar-refractivity contribution in [3.05, 3.63) is 47.5 Å². The molecule has 0 spiro atoms. The van der Waals surface area contributed by atoms with Crippen LogP contribution in [0.2, 0.25) is 0 Å². The van der Waals surface area contributed by atoms with Crippen molar-refractivity contribution in [3.8, 4) is 23.0 Å². The molecule has 2 aromatic rings. The van der Waals surface area contributed by atoms with E-state index in [0.29, 0.717) is 5.56 Å². The number of carbonyl (C=O) groups is 1. The first-order valence-electron chi connectivity index (χ1n) is 9.20. The topological polar surface area (TPSA) is 186 Å². The molecule has 0 aliphatic carbocycles. The Bertz CT molecular complexity index is 908. The molecule has 0 radical (unpaired) electrons. The van der Waals surface area contributed by atoms with E-state index in [2.05, 4.69) is 0 Å². The van der Waals surface area contributed by atoms with E-state index >= 15 is 0 Å². The first-order valence-corrected chi connectivity index (χ1v) is 9.20. The lowest BCUT2D eigenvalue weighted by atomic mass is 9.99. The van der Waals surface area contributed by atoms with Crippen molar-refractivity contribution in [3.63, 3.8) is 0 Å². The van der Waals surface area contributed by atoms with Gasteiger partial charge in [0.2, 0.25) is 6.29 Å². The molecule has 11 nitrogen and oxygen atoms in total. The molecule has 1 aliphatic rings. The number of rotatable bonds is 6. The molecule has 1 aliphatic heterocycles. The maximum Gasteiger partial charge on any atom is 0.338 e. The van der Waals surface area contributed by atoms with E-state index in [1.165, 1.54) is 6.07 Å². The van der Waals surface area contributed by atoms with Gasteiger partial charge >= 0.3 is 5.97 Å². The van der Waals surface area contributed by atoms with Crippen LogP contribution in [0.3, 0.4) is 0 Å². The summed E-state index contributed by atoms with van der Waals surface area (Å²) in [5.41, 5.74) is 0.109. The SMILES string of the molecule is O=C(OC[C@H]1O[C@@H](Oc2ccccc2CO)[C@H](O)[C@@H](O)[C@@H]1O)c1cc(O)c(O)c(O)c1. The molecule has 3 rings (SSSR count). The van der Waals surface area contributed by atoms with Gasteiger partial charge in [0, 0.05) is 5.56 Å². The fraction of sp³-hybridized carbons (Fsp3) is 0.350. The number of hydrogen-bond acceptors (Lipinski definition) is 11. The molecule has 1 saturated heterocycles. The van der Waals surface area contributed by atoms with Crippen molar-refractivity contribution in [2.75, 3.05) is 6.61 Å². The summed E-state index contributed by atoms with van der Waals surface area (Å²) < 4.78 is 16.0. The van der Waals surface area contributed by atoms with E-state index in [1.807, 2.05) is 0 Å². The molecular formula is C20H22O11. The van der Waals surface area contributed by atoms with E-state index in [-0.39, 0.29) is 17.9 Å². The average molecular weight is 438 g/mol. The van der Waals surface area contributed by atoms with E-state index in [9.17, 15) is 40.5 Å². The summed E-state index contributed by atoms with van der Waals surface area (Å²) in [5.74, 6) is -3.12. The smallest absolute Gasteiger partial charge is 0.338 e. The highest BCUT2D eigenvalue weighted by Crippen LogP contribution is 2.35. The Hall–Kier alpha value is -3.09. The Kier molecular flexibility index (Phi) is 6.83. The molecule has 0 aromatic heterocycles. The van der Waals surface area contributed by atoms with Crippen LogP contribution in [-0.4, -0.2) is 79.0 Å². The van der Waals surface area contributed by atoms with Crippen LogP contribution in [0.25, 0.3) is 0 Å². The van der Waals surface area contributed by atoms with Crippen LogP contribution in [0, 0.1) is 0 Å². The van der Waals surface area contributed by atoms with Crippen LogP contribution in [0.5, 0.6) is 23.0 Å². The van der Waals surface area contributed by atoms with Gasteiger partial charge in [-0.15, -0.1) is 0 Å². The first-order chi connectivity index (χ1) is 14.7. The Morgan fingerprint density at radius 2 is 1.61 bits per heavy atom. The molecule has 168 valence electrons. The maximum atomic E-state index is 12.2. The molecule has 0 bridgehead atoms. The zero-order valence-corrected chi connectivity index (χ0v) is 16.0. The third-order valence-electron chi connectivity index (χ3n) is 4.74. The quantitative estimate of drug-likeness (QED) is 0.224. The molecule has 7 N–H and O–H groups in total. The molecule has 2 aromatic carbocycles. The fourth-order valence-electron chi connectivity index (χ4n) is 2.99. The second-order valence-corrected chi connectivity index (χ2v) is 6.86. The lowest BCUT2D eigenvalue weighted by Gasteiger charge is -2.40. The van der Waals surface area contributed by atoms with Crippen molar-refractivity contribution in [1.82, 2.24) is 0 Å². The lowest BCUT2D eigenvalue weighted by molar-refractivity contribution is -0.277. The Morgan fingerprint density at radius 1 is 0.968 bits per heavy atom. The number of benzene rings is 2. The standard InChI is InChI=1S/C20H22O11/c21-7-9-3-1-2-4-13(9)30-20-18(27)17(26)16(25)14(31-20)8-29-19(28)10-5-11(22)15(24)12(23)6-10/h1-6,14,16-18,20-27H,7-8H2/t14-,16-,17+,18-,20-/m1/s1. The minimum atomic E-state index is -1.69. The second kappa shape index (κ2) is 9.37. The van der Waals surface area contributed by atoms with E-state index < -0.39 is 60.5 Å². The summed E-state index contributed by atoms with van der Waals surface area (Å²) in [5, 5.41) is 68.2. The summed E-state index contributed by atoms with van der Waals surface area (Å²) in [6, 6.07) is 8.11. The highest BCUT2D eigenvalue weighted by Gasteiger charge is 2.45. The summed E-state index contributed by atoms with van der Waals surface area (Å²) in [6.07, 6.45) is -7.70. The number of aromatic hydroxyl groups is 3. The van der Waals surface area contributed by atoms with E-state index in [4.69, 9.17) is 14.2 Å².